The lowest BCUT2D eigenvalue weighted by molar-refractivity contribution is -0.389. The van der Waals surface area contributed by atoms with E-state index in [1.54, 1.807) is 28.8 Å². The van der Waals surface area contributed by atoms with Crippen LogP contribution in [-0.2, 0) is 13.1 Å². The van der Waals surface area contributed by atoms with Gasteiger partial charge in [0.2, 0.25) is 18.6 Å². The van der Waals surface area contributed by atoms with E-state index < -0.39 is 11.8 Å². The Morgan fingerprint density at radius 2 is 2.03 bits per heavy atom. The molecule has 0 fully saturated rings. The van der Waals surface area contributed by atoms with E-state index in [1.807, 2.05) is 4.90 Å². The van der Waals surface area contributed by atoms with E-state index in [2.05, 4.69) is 15.2 Å². The maximum atomic E-state index is 12.2. The molecule has 0 unspecified atom stereocenters. The van der Waals surface area contributed by atoms with Gasteiger partial charge >= 0.3 is 11.8 Å². The van der Waals surface area contributed by atoms with Gasteiger partial charge in [0.05, 0.1) is 6.54 Å². The monoisotopic (exact) mass is 404 g/mol. The number of nitro groups is 1. The number of nitrogens with zero attached hydrogens (tertiary/aromatic N) is 6. The second-order valence-corrected chi connectivity index (χ2v) is 6.24. The summed E-state index contributed by atoms with van der Waals surface area (Å²) in [7, 11) is 0. The Labute approximate surface area is 163 Å². The first-order valence-corrected chi connectivity index (χ1v) is 8.80. The van der Waals surface area contributed by atoms with Crippen molar-refractivity contribution in [3.63, 3.8) is 0 Å². The molecule has 2 aromatic heterocycles. The van der Waals surface area contributed by atoms with E-state index in [0.29, 0.717) is 55.9 Å². The van der Waals surface area contributed by atoms with Crippen LogP contribution in [0.1, 0.15) is 5.89 Å². The third-order valence-corrected chi connectivity index (χ3v) is 4.36. The summed E-state index contributed by atoms with van der Waals surface area (Å²) >= 11 is 0. The molecule has 11 nitrogen and oxygen atoms in total. The van der Waals surface area contributed by atoms with Crippen LogP contribution in [-0.4, -0.2) is 56.1 Å². The van der Waals surface area contributed by atoms with Gasteiger partial charge in [-0.05, 0) is 29.2 Å². The molecule has 29 heavy (non-hydrogen) atoms. The van der Waals surface area contributed by atoms with Crippen molar-refractivity contribution in [2.45, 2.75) is 13.1 Å². The Hall–Kier alpha value is -3.54. The third kappa shape index (κ3) is 4.32. The normalized spacial score (nSPS) is 14.5. The smallest absolute Gasteiger partial charge is 0.414 e. The number of aromatic nitrogens is 4. The van der Waals surface area contributed by atoms with Gasteiger partial charge in [0.15, 0.2) is 0 Å². The number of ether oxygens (including phenoxy) is 2. The van der Waals surface area contributed by atoms with Gasteiger partial charge in [0, 0.05) is 30.2 Å². The van der Waals surface area contributed by atoms with Crippen molar-refractivity contribution < 1.29 is 23.2 Å². The van der Waals surface area contributed by atoms with Crippen LogP contribution in [0.5, 0.6) is 11.8 Å². The average molecular weight is 404 g/mol. The Morgan fingerprint density at radius 3 is 2.79 bits per heavy atom. The standard InChI is InChI=1S/C17H17FN6O5/c18-11-28-13-3-1-12(2-4-13)16-21-20-15(29-16)10-22-5-6-23-9-14(24(25)26)19-17(23)27-8-7-22/h1-4,9H,5-8,10-11H2. The van der Waals surface area contributed by atoms with Crippen molar-refractivity contribution >= 4 is 5.82 Å². The summed E-state index contributed by atoms with van der Waals surface area (Å²) in [6, 6.07) is 6.91. The molecule has 3 heterocycles. The lowest BCUT2D eigenvalue weighted by Crippen LogP contribution is -2.33. The molecule has 0 saturated carbocycles. The number of hydrogen-bond donors (Lipinski definition) is 0. The minimum atomic E-state index is -0.891. The Bertz CT molecular complexity index is 989. The second-order valence-electron chi connectivity index (χ2n) is 6.24. The van der Waals surface area contributed by atoms with Crippen LogP contribution in [0.4, 0.5) is 10.2 Å². The second kappa shape index (κ2) is 8.22. The van der Waals surface area contributed by atoms with E-state index >= 15 is 0 Å². The first kappa shape index (κ1) is 18.8. The van der Waals surface area contributed by atoms with E-state index in [4.69, 9.17) is 13.9 Å². The molecule has 0 radical (unpaired) electrons. The lowest BCUT2D eigenvalue weighted by atomic mass is 10.2. The quantitative estimate of drug-likeness (QED) is 0.449. The van der Waals surface area contributed by atoms with Crippen LogP contribution in [0, 0.1) is 10.1 Å². The summed E-state index contributed by atoms with van der Waals surface area (Å²) in [6.45, 7) is 1.51. The van der Waals surface area contributed by atoms with E-state index in [-0.39, 0.29) is 11.8 Å². The number of hydrogen-bond acceptors (Lipinski definition) is 9. The van der Waals surface area contributed by atoms with Crippen LogP contribution in [0.3, 0.4) is 0 Å². The van der Waals surface area contributed by atoms with Gasteiger partial charge in [-0.2, -0.15) is 0 Å². The van der Waals surface area contributed by atoms with Crippen LogP contribution < -0.4 is 9.47 Å². The zero-order valence-corrected chi connectivity index (χ0v) is 15.2. The highest BCUT2D eigenvalue weighted by Crippen LogP contribution is 2.23. The fourth-order valence-electron chi connectivity index (χ4n) is 2.92. The van der Waals surface area contributed by atoms with Crippen molar-refractivity contribution in [2.75, 3.05) is 26.6 Å². The number of benzene rings is 1. The highest BCUT2D eigenvalue weighted by molar-refractivity contribution is 5.53. The summed E-state index contributed by atoms with van der Waals surface area (Å²) in [5.74, 6) is 0.956. The maximum absolute atomic E-state index is 12.2. The summed E-state index contributed by atoms with van der Waals surface area (Å²) in [6.07, 6.45) is 1.36. The van der Waals surface area contributed by atoms with Crippen LogP contribution in [0.25, 0.3) is 11.5 Å². The molecule has 12 heteroatoms. The van der Waals surface area contributed by atoms with Gasteiger partial charge in [0.25, 0.3) is 0 Å². The SMILES string of the molecule is O=[N+]([O-])c1cn2c(n1)OCCN(Cc1nnc(-c3ccc(OCF)cc3)o1)CC2. The molecule has 0 spiro atoms. The molecular weight excluding hydrogens is 387 g/mol. The molecule has 152 valence electrons. The van der Waals surface area contributed by atoms with Crippen LogP contribution >= 0.6 is 0 Å². The van der Waals surface area contributed by atoms with Crippen molar-refractivity contribution in [3.8, 4) is 23.2 Å². The Balaban J connectivity index is 1.40. The van der Waals surface area contributed by atoms with Gasteiger partial charge in [0.1, 0.15) is 18.6 Å². The predicted octanol–water partition coefficient (Wildman–Crippen LogP) is 2.04. The van der Waals surface area contributed by atoms with Crippen LogP contribution in [0.2, 0.25) is 0 Å². The first-order chi connectivity index (χ1) is 14.1. The molecular formula is C17H17FN6O5. The number of halogens is 1. The molecule has 0 bridgehead atoms. The molecule has 3 aromatic rings. The maximum Gasteiger partial charge on any atom is 0.414 e. The number of rotatable bonds is 6. The van der Waals surface area contributed by atoms with Crippen molar-refractivity contribution in [1.29, 1.82) is 0 Å². The highest BCUT2D eigenvalue weighted by Gasteiger charge is 2.23. The van der Waals surface area contributed by atoms with Gasteiger partial charge in [-0.15, -0.1) is 10.2 Å². The molecule has 0 N–H and O–H groups in total. The summed E-state index contributed by atoms with van der Waals surface area (Å²) in [5, 5.41) is 19.0. The zero-order valence-electron chi connectivity index (χ0n) is 15.2. The third-order valence-electron chi connectivity index (χ3n) is 4.36. The zero-order chi connectivity index (χ0) is 20.2. The minimum Gasteiger partial charge on any atom is -0.463 e. The first-order valence-electron chi connectivity index (χ1n) is 8.80. The summed E-state index contributed by atoms with van der Waals surface area (Å²) < 4.78 is 29.8. The molecule has 0 amide bonds. The van der Waals surface area contributed by atoms with Crippen LogP contribution in [0.15, 0.2) is 34.9 Å². The number of imidazole rings is 1. The molecule has 1 aromatic carbocycles. The fraction of sp³-hybridized carbons (Fsp3) is 0.353. The molecule has 0 atom stereocenters. The predicted molar refractivity (Wildman–Crippen MR) is 96.0 cm³/mol. The molecule has 1 aliphatic heterocycles. The molecule has 0 saturated heterocycles. The topological polar surface area (TPSA) is 122 Å². The molecule has 4 rings (SSSR count). The molecule has 1 aliphatic rings. The lowest BCUT2D eigenvalue weighted by Gasteiger charge is -2.22. The highest BCUT2D eigenvalue weighted by atomic mass is 19.1. The number of alkyl halides is 1. The largest absolute Gasteiger partial charge is 0.463 e. The average Bonchev–Trinajstić information content (AvgIpc) is 3.32. The van der Waals surface area contributed by atoms with Gasteiger partial charge in [-0.1, -0.05) is 0 Å². The number of fused-ring (bicyclic) bond motifs is 1. The van der Waals surface area contributed by atoms with E-state index in [0.717, 1.165) is 0 Å². The van der Waals surface area contributed by atoms with Crippen molar-refractivity contribution in [2.24, 2.45) is 0 Å². The summed E-state index contributed by atoms with van der Waals surface area (Å²) in [5.41, 5.74) is 0.696. The van der Waals surface area contributed by atoms with Gasteiger partial charge < -0.3 is 24.0 Å². The van der Waals surface area contributed by atoms with E-state index in [1.165, 1.54) is 6.20 Å². The van der Waals surface area contributed by atoms with Crippen molar-refractivity contribution in [1.82, 2.24) is 24.6 Å². The fourth-order valence-corrected chi connectivity index (χ4v) is 2.92. The van der Waals surface area contributed by atoms with Crippen molar-refractivity contribution in [3.05, 3.63) is 46.5 Å². The van der Waals surface area contributed by atoms with E-state index in [9.17, 15) is 14.5 Å². The Morgan fingerprint density at radius 1 is 1.21 bits per heavy atom. The minimum absolute atomic E-state index is 0.238. The Kier molecular flexibility index (Phi) is 5.33. The van der Waals surface area contributed by atoms with Gasteiger partial charge in [-0.3, -0.25) is 9.47 Å². The molecule has 0 aliphatic carbocycles. The summed E-state index contributed by atoms with van der Waals surface area (Å²) in [4.78, 5) is 16.2. The van der Waals surface area contributed by atoms with Gasteiger partial charge in [-0.25, -0.2) is 4.39 Å².